The van der Waals surface area contributed by atoms with E-state index in [-0.39, 0.29) is 17.9 Å². The Labute approximate surface area is 125 Å². The molecule has 0 aliphatic carbocycles. The van der Waals surface area contributed by atoms with Gasteiger partial charge in [-0.1, -0.05) is 20.3 Å². The SMILES string of the molecule is CCNC1COCC1C(=O)N1CCC(CC)CC1C(=O)O. The number of rotatable bonds is 5. The quantitative estimate of drug-likeness (QED) is 0.781. The molecular weight excluding hydrogens is 272 g/mol. The summed E-state index contributed by atoms with van der Waals surface area (Å²) in [4.78, 5) is 25.8. The van der Waals surface area contributed by atoms with Crippen molar-refractivity contribution in [2.75, 3.05) is 26.3 Å². The number of likely N-dealkylation sites (tertiary alicyclic amines) is 1. The minimum absolute atomic E-state index is 0.000781. The van der Waals surface area contributed by atoms with Crippen LogP contribution in [0.25, 0.3) is 0 Å². The number of carboxylic acids is 1. The van der Waals surface area contributed by atoms with Crippen LogP contribution >= 0.6 is 0 Å². The number of nitrogens with one attached hydrogen (secondary N) is 1. The molecule has 6 nitrogen and oxygen atoms in total. The summed E-state index contributed by atoms with van der Waals surface area (Å²) in [7, 11) is 0. The second-order valence-electron chi connectivity index (χ2n) is 5.99. The van der Waals surface area contributed by atoms with E-state index in [0.717, 1.165) is 19.4 Å². The van der Waals surface area contributed by atoms with Crippen LogP contribution in [0.3, 0.4) is 0 Å². The Morgan fingerprint density at radius 2 is 2.10 bits per heavy atom. The van der Waals surface area contributed by atoms with E-state index in [9.17, 15) is 14.7 Å². The van der Waals surface area contributed by atoms with Gasteiger partial charge in [-0.05, 0) is 25.3 Å². The van der Waals surface area contributed by atoms with Crippen LogP contribution in [0, 0.1) is 11.8 Å². The van der Waals surface area contributed by atoms with Crippen LogP contribution in [0.2, 0.25) is 0 Å². The third-order valence-corrected chi connectivity index (χ3v) is 4.72. The molecule has 2 heterocycles. The van der Waals surface area contributed by atoms with Crippen molar-refractivity contribution in [3.8, 4) is 0 Å². The van der Waals surface area contributed by atoms with Crippen molar-refractivity contribution >= 4 is 11.9 Å². The van der Waals surface area contributed by atoms with Crippen molar-refractivity contribution < 1.29 is 19.4 Å². The molecule has 2 aliphatic heterocycles. The summed E-state index contributed by atoms with van der Waals surface area (Å²) >= 11 is 0. The molecule has 2 aliphatic rings. The average molecular weight is 298 g/mol. The number of nitrogens with zero attached hydrogens (tertiary/aromatic N) is 1. The molecule has 2 saturated heterocycles. The predicted octanol–water partition coefficient (Wildman–Crippen LogP) is 0.713. The third-order valence-electron chi connectivity index (χ3n) is 4.72. The number of carboxylic acid groups (broad SMARTS) is 1. The van der Waals surface area contributed by atoms with Gasteiger partial charge in [0.25, 0.3) is 0 Å². The molecule has 0 saturated carbocycles. The molecule has 0 spiro atoms. The normalized spacial score (nSPS) is 33.1. The van der Waals surface area contributed by atoms with E-state index in [2.05, 4.69) is 12.2 Å². The number of likely N-dealkylation sites (N-methyl/N-ethyl adjacent to an activating group) is 1. The maximum atomic E-state index is 12.7. The van der Waals surface area contributed by atoms with Gasteiger partial charge >= 0.3 is 5.97 Å². The van der Waals surface area contributed by atoms with Crippen molar-refractivity contribution in [1.29, 1.82) is 0 Å². The zero-order valence-corrected chi connectivity index (χ0v) is 12.9. The number of piperidine rings is 1. The van der Waals surface area contributed by atoms with E-state index in [0.29, 0.717) is 32.1 Å². The zero-order valence-electron chi connectivity index (χ0n) is 12.9. The second-order valence-corrected chi connectivity index (χ2v) is 5.99. The fraction of sp³-hybridized carbons (Fsp3) is 0.867. The smallest absolute Gasteiger partial charge is 0.326 e. The van der Waals surface area contributed by atoms with Gasteiger partial charge in [0.15, 0.2) is 0 Å². The number of aliphatic carboxylic acids is 1. The zero-order chi connectivity index (χ0) is 15.4. The Kier molecular flexibility index (Phi) is 5.58. The largest absolute Gasteiger partial charge is 0.480 e. The third kappa shape index (κ3) is 3.55. The first kappa shape index (κ1) is 16.2. The van der Waals surface area contributed by atoms with Crippen LogP contribution in [0.1, 0.15) is 33.1 Å². The average Bonchev–Trinajstić information content (AvgIpc) is 2.94. The number of carbonyl (C=O) groups is 2. The summed E-state index contributed by atoms with van der Waals surface area (Å²) in [5, 5.41) is 12.7. The summed E-state index contributed by atoms with van der Waals surface area (Å²) in [6.45, 7) is 6.30. The lowest BCUT2D eigenvalue weighted by molar-refractivity contribution is -0.155. The number of ether oxygens (including phenoxy) is 1. The minimum Gasteiger partial charge on any atom is -0.480 e. The molecule has 6 heteroatoms. The Morgan fingerprint density at radius 1 is 1.33 bits per heavy atom. The lowest BCUT2D eigenvalue weighted by atomic mass is 9.87. The second kappa shape index (κ2) is 7.22. The molecule has 0 aromatic carbocycles. The summed E-state index contributed by atoms with van der Waals surface area (Å²) in [5.41, 5.74) is 0. The van der Waals surface area contributed by atoms with Crippen LogP contribution in [-0.2, 0) is 14.3 Å². The van der Waals surface area contributed by atoms with Crippen molar-refractivity contribution in [2.45, 2.75) is 45.2 Å². The minimum atomic E-state index is -0.889. The van der Waals surface area contributed by atoms with Crippen LogP contribution in [0.5, 0.6) is 0 Å². The van der Waals surface area contributed by atoms with Gasteiger partial charge in [-0.15, -0.1) is 0 Å². The molecule has 0 bridgehead atoms. The van der Waals surface area contributed by atoms with E-state index >= 15 is 0 Å². The summed E-state index contributed by atoms with van der Waals surface area (Å²) in [6.07, 6.45) is 2.43. The molecule has 4 unspecified atom stereocenters. The number of hydrogen-bond acceptors (Lipinski definition) is 4. The lowest BCUT2D eigenvalue weighted by Crippen LogP contribution is -2.54. The van der Waals surface area contributed by atoms with Crippen LogP contribution in [0.15, 0.2) is 0 Å². The van der Waals surface area contributed by atoms with Gasteiger partial charge in [0.2, 0.25) is 5.91 Å². The molecule has 21 heavy (non-hydrogen) atoms. The molecule has 0 radical (unpaired) electrons. The predicted molar refractivity (Wildman–Crippen MR) is 77.9 cm³/mol. The Bertz CT molecular complexity index is 388. The molecule has 120 valence electrons. The number of hydrogen-bond donors (Lipinski definition) is 2. The first-order chi connectivity index (χ1) is 10.1. The highest BCUT2D eigenvalue weighted by molar-refractivity contribution is 5.86. The number of carbonyl (C=O) groups excluding carboxylic acids is 1. The fourth-order valence-electron chi connectivity index (χ4n) is 3.38. The Hall–Kier alpha value is -1.14. The summed E-state index contributed by atoms with van der Waals surface area (Å²) in [5.74, 6) is -0.815. The molecule has 0 aromatic rings. The highest BCUT2D eigenvalue weighted by Crippen LogP contribution is 2.28. The molecule has 0 aromatic heterocycles. The Morgan fingerprint density at radius 3 is 2.71 bits per heavy atom. The van der Waals surface area contributed by atoms with E-state index in [4.69, 9.17) is 4.74 Å². The van der Waals surface area contributed by atoms with Crippen LogP contribution in [-0.4, -0.2) is 60.3 Å². The molecule has 1 amide bonds. The van der Waals surface area contributed by atoms with E-state index in [1.54, 1.807) is 4.90 Å². The molecule has 4 atom stereocenters. The molecule has 2 fully saturated rings. The van der Waals surface area contributed by atoms with Crippen molar-refractivity contribution in [2.24, 2.45) is 11.8 Å². The highest BCUT2D eigenvalue weighted by atomic mass is 16.5. The van der Waals surface area contributed by atoms with E-state index < -0.39 is 12.0 Å². The van der Waals surface area contributed by atoms with Crippen molar-refractivity contribution in [3.05, 3.63) is 0 Å². The van der Waals surface area contributed by atoms with Crippen molar-refractivity contribution in [3.63, 3.8) is 0 Å². The highest BCUT2D eigenvalue weighted by Gasteiger charge is 2.42. The molecular formula is C15H26N2O4. The van der Waals surface area contributed by atoms with E-state index in [1.165, 1.54) is 0 Å². The van der Waals surface area contributed by atoms with Gasteiger partial charge < -0.3 is 20.1 Å². The molecule has 2 N–H and O–H groups in total. The fourth-order valence-corrected chi connectivity index (χ4v) is 3.38. The van der Waals surface area contributed by atoms with Gasteiger partial charge in [0.05, 0.1) is 19.1 Å². The van der Waals surface area contributed by atoms with Crippen LogP contribution in [0.4, 0.5) is 0 Å². The van der Waals surface area contributed by atoms with Crippen molar-refractivity contribution in [1.82, 2.24) is 10.2 Å². The Balaban J connectivity index is 2.07. The first-order valence-corrected chi connectivity index (χ1v) is 7.92. The summed E-state index contributed by atoms with van der Waals surface area (Å²) in [6, 6.07) is -0.681. The van der Waals surface area contributed by atoms with Gasteiger partial charge in [-0.25, -0.2) is 4.79 Å². The topological polar surface area (TPSA) is 78.9 Å². The maximum Gasteiger partial charge on any atom is 0.326 e. The first-order valence-electron chi connectivity index (χ1n) is 7.92. The van der Waals surface area contributed by atoms with E-state index in [1.807, 2.05) is 6.92 Å². The van der Waals surface area contributed by atoms with Gasteiger partial charge in [-0.2, -0.15) is 0 Å². The lowest BCUT2D eigenvalue weighted by Gasteiger charge is -2.38. The van der Waals surface area contributed by atoms with Crippen LogP contribution < -0.4 is 5.32 Å². The van der Waals surface area contributed by atoms with Gasteiger partial charge in [0.1, 0.15) is 6.04 Å². The summed E-state index contributed by atoms with van der Waals surface area (Å²) < 4.78 is 5.41. The van der Waals surface area contributed by atoms with Gasteiger partial charge in [-0.3, -0.25) is 4.79 Å². The van der Waals surface area contributed by atoms with Gasteiger partial charge in [0, 0.05) is 12.6 Å². The molecule has 2 rings (SSSR count). The monoisotopic (exact) mass is 298 g/mol. The number of amides is 1. The standard InChI is InChI=1S/C15H26N2O4/c1-3-10-5-6-17(13(7-10)15(19)20)14(18)11-8-21-9-12(11)16-4-2/h10-13,16H,3-9H2,1-2H3,(H,19,20). The maximum absolute atomic E-state index is 12.7.